The second-order valence-electron chi connectivity index (χ2n) is 5.97. The van der Waals surface area contributed by atoms with Gasteiger partial charge in [0.2, 0.25) is 0 Å². The van der Waals surface area contributed by atoms with Gasteiger partial charge in [0.1, 0.15) is 11.3 Å². The molecule has 21 heavy (non-hydrogen) atoms. The van der Waals surface area contributed by atoms with E-state index in [0.717, 1.165) is 23.3 Å². The van der Waals surface area contributed by atoms with Crippen LogP contribution in [-0.2, 0) is 4.79 Å². The van der Waals surface area contributed by atoms with E-state index in [-0.39, 0.29) is 6.10 Å². The molecule has 0 aromatic heterocycles. The summed E-state index contributed by atoms with van der Waals surface area (Å²) in [6.07, 6.45) is 1.13. The molecule has 0 bridgehead atoms. The van der Waals surface area contributed by atoms with E-state index in [4.69, 9.17) is 4.74 Å². The molecule has 1 aromatic rings. The van der Waals surface area contributed by atoms with Crippen LogP contribution < -0.4 is 10.1 Å². The number of ether oxygens (including phenoxy) is 1. The molecule has 4 heteroatoms. The molecular formula is C17H27NO3. The second-order valence-corrected chi connectivity index (χ2v) is 5.97. The Bertz CT molecular complexity index is 487. The summed E-state index contributed by atoms with van der Waals surface area (Å²) in [5.41, 5.74) is 1.23. The highest BCUT2D eigenvalue weighted by Gasteiger charge is 2.34. The first-order valence-corrected chi connectivity index (χ1v) is 7.51. The average Bonchev–Trinajstić information content (AvgIpc) is 2.40. The number of aliphatic carboxylic acids is 1. The molecule has 1 rings (SSSR count). The fourth-order valence-electron chi connectivity index (χ4n) is 2.30. The summed E-state index contributed by atoms with van der Waals surface area (Å²) in [5, 5.41) is 12.6. The van der Waals surface area contributed by atoms with Gasteiger partial charge in [0.15, 0.2) is 0 Å². The van der Waals surface area contributed by atoms with Gasteiger partial charge in [-0.1, -0.05) is 19.1 Å². The average molecular weight is 293 g/mol. The molecule has 4 nitrogen and oxygen atoms in total. The third kappa shape index (κ3) is 5.05. The van der Waals surface area contributed by atoms with Crippen molar-refractivity contribution < 1.29 is 14.6 Å². The minimum absolute atomic E-state index is 0.184. The lowest BCUT2D eigenvalue weighted by molar-refractivity contribution is -0.145. The monoisotopic (exact) mass is 293 g/mol. The van der Waals surface area contributed by atoms with Crippen LogP contribution in [0.15, 0.2) is 18.2 Å². The van der Waals surface area contributed by atoms with Crippen molar-refractivity contribution in [1.29, 1.82) is 0 Å². The van der Waals surface area contributed by atoms with Gasteiger partial charge >= 0.3 is 5.97 Å². The maximum atomic E-state index is 11.5. The Morgan fingerprint density at radius 1 is 1.43 bits per heavy atom. The molecule has 0 spiro atoms. The first-order chi connectivity index (χ1) is 9.78. The highest BCUT2D eigenvalue weighted by molar-refractivity contribution is 5.78. The fraction of sp³-hybridized carbons (Fsp3) is 0.588. The zero-order chi connectivity index (χ0) is 16.0. The molecule has 2 atom stereocenters. The largest absolute Gasteiger partial charge is 0.490 e. The summed E-state index contributed by atoms with van der Waals surface area (Å²) in [6, 6.07) is 6.05. The van der Waals surface area contributed by atoms with E-state index in [9.17, 15) is 9.90 Å². The number of carboxylic acids is 1. The molecule has 0 amide bonds. The van der Waals surface area contributed by atoms with E-state index in [0.29, 0.717) is 13.0 Å². The summed E-state index contributed by atoms with van der Waals surface area (Å²) in [5.74, 6) is -0.0157. The van der Waals surface area contributed by atoms with E-state index in [1.807, 2.05) is 45.9 Å². The third-order valence-electron chi connectivity index (χ3n) is 3.60. The number of hydrogen-bond acceptors (Lipinski definition) is 3. The summed E-state index contributed by atoms with van der Waals surface area (Å²) in [6.45, 7) is 10.3. The first kappa shape index (κ1) is 17.5. The maximum absolute atomic E-state index is 11.5. The number of carbonyl (C=O) groups is 1. The second kappa shape index (κ2) is 7.46. The van der Waals surface area contributed by atoms with Gasteiger partial charge in [-0.3, -0.25) is 4.79 Å². The van der Waals surface area contributed by atoms with Crippen molar-refractivity contribution in [2.24, 2.45) is 0 Å². The number of aryl methyl sites for hydroxylation is 2. The molecule has 0 fully saturated rings. The van der Waals surface area contributed by atoms with E-state index < -0.39 is 11.5 Å². The lowest BCUT2D eigenvalue weighted by Gasteiger charge is -2.29. The van der Waals surface area contributed by atoms with Crippen molar-refractivity contribution in [3.05, 3.63) is 29.3 Å². The molecule has 118 valence electrons. The van der Waals surface area contributed by atoms with Gasteiger partial charge < -0.3 is 15.2 Å². The SMILES string of the molecule is CCCNC(C)(CC(C)Oc1cc(C)ccc1C)C(=O)O. The fourth-order valence-corrected chi connectivity index (χ4v) is 2.30. The summed E-state index contributed by atoms with van der Waals surface area (Å²) >= 11 is 0. The topological polar surface area (TPSA) is 58.6 Å². The van der Waals surface area contributed by atoms with Crippen LogP contribution >= 0.6 is 0 Å². The first-order valence-electron chi connectivity index (χ1n) is 7.51. The van der Waals surface area contributed by atoms with Crippen LogP contribution in [0.2, 0.25) is 0 Å². The van der Waals surface area contributed by atoms with Gasteiger partial charge in [-0.15, -0.1) is 0 Å². The number of rotatable bonds is 8. The van der Waals surface area contributed by atoms with E-state index in [1.165, 1.54) is 0 Å². The Kier molecular flexibility index (Phi) is 6.21. The number of carboxylic acid groups (broad SMARTS) is 1. The number of benzene rings is 1. The quantitative estimate of drug-likeness (QED) is 0.772. The molecule has 1 aromatic carbocycles. The summed E-state index contributed by atoms with van der Waals surface area (Å²) in [4.78, 5) is 11.5. The van der Waals surface area contributed by atoms with Gasteiger partial charge in [-0.05, 0) is 57.9 Å². The van der Waals surface area contributed by atoms with Crippen molar-refractivity contribution in [1.82, 2.24) is 5.32 Å². The van der Waals surface area contributed by atoms with Crippen LogP contribution in [0.1, 0.15) is 44.7 Å². The Morgan fingerprint density at radius 3 is 2.67 bits per heavy atom. The van der Waals surface area contributed by atoms with Crippen molar-refractivity contribution in [3.63, 3.8) is 0 Å². The molecule has 0 saturated heterocycles. The molecule has 0 aliphatic heterocycles. The molecule has 0 saturated carbocycles. The predicted octanol–water partition coefficient (Wildman–Crippen LogP) is 3.30. The van der Waals surface area contributed by atoms with Gasteiger partial charge in [-0.25, -0.2) is 0 Å². The zero-order valence-electron chi connectivity index (χ0n) is 13.7. The van der Waals surface area contributed by atoms with E-state index >= 15 is 0 Å². The van der Waals surface area contributed by atoms with Gasteiger partial charge in [0.25, 0.3) is 0 Å². The molecule has 0 aliphatic carbocycles. The maximum Gasteiger partial charge on any atom is 0.323 e. The van der Waals surface area contributed by atoms with Gasteiger partial charge in [0, 0.05) is 6.42 Å². The minimum Gasteiger partial charge on any atom is -0.490 e. The smallest absolute Gasteiger partial charge is 0.323 e. The zero-order valence-corrected chi connectivity index (χ0v) is 13.7. The van der Waals surface area contributed by atoms with Crippen LogP contribution in [0.3, 0.4) is 0 Å². The van der Waals surface area contributed by atoms with Crippen LogP contribution in [0.25, 0.3) is 0 Å². The van der Waals surface area contributed by atoms with Crippen molar-refractivity contribution >= 4 is 5.97 Å². The minimum atomic E-state index is -0.965. The van der Waals surface area contributed by atoms with E-state index in [2.05, 4.69) is 5.32 Å². The molecule has 0 aliphatic rings. The van der Waals surface area contributed by atoms with Gasteiger partial charge in [-0.2, -0.15) is 0 Å². The Balaban J connectivity index is 2.76. The third-order valence-corrected chi connectivity index (χ3v) is 3.60. The highest BCUT2D eigenvalue weighted by atomic mass is 16.5. The standard InChI is InChI=1S/C17H27NO3/c1-6-9-18-17(5,16(19)20)11-14(4)21-15-10-12(2)7-8-13(15)3/h7-8,10,14,18H,6,9,11H2,1-5H3,(H,19,20). The lowest BCUT2D eigenvalue weighted by Crippen LogP contribution is -2.52. The Morgan fingerprint density at radius 2 is 2.10 bits per heavy atom. The van der Waals surface area contributed by atoms with Crippen molar-refractivity contribution in [2.45, 2.75) is 59.1 Å². The highest BCUT2D eigenvalue weighted by Crippen LogP contribution is 2.23. The number of nitrogens with one attached hydrogen (secondary N) is 1. The summed E-state index contributed by atoms with van der Waals surface area (Å²) in [7, 11) is 0. The van der Waals surface area contributed by atoms with Crippen molar-refractivity contribution in [3.8, 4) is 5.75 Å². The molecule has 0 heterocycles. The van der Waals surface area contributed by atoms with Gasteiger partial charge in [0.05, 0.1) is 6.10 Å². The summed E-state index contributed by atoms with van der Waals surface area (Å²) < 4.78 is 5.95. The normalized spacial score (nSPS) is 15.3. The molecule has 0 radical (unpaired) electrons. The lowest BCUT2D eigenvalue weighted by atomic mass is 9.94. The van der Waals surface area contributed by atoms with Crippen LogP contribution in [-0.4, -0.2) is 29.3 Å². The molecule has 2 unspecified atom stereocenters. The Labute approximate surface area is 127 Å². The molecular weight excluding hydrogens is 266 g/mol. The van der Waals surface area contributed by atoms with Crippen LogP contribution in [0.4, 0.5) is 0 Å². The van der Waals surface area contributed by atoms with E-state index in [1.54, 1.807) is 6.92 Å². The number of hydrogen-bond donors (Lipinski definition) is 2. The van der Waals surface area contributed by atoms with Crippen molar-refractivity contribution in [2.75, 3.05) is 6.54 Å². The van der Waals surface area contributed by atoms with Crippen LogP contribution in [0.5, 0.6) is 5.75 Å². The van der Waals surface area contributed by atoms with Crippen LogP contribution in [0, 0.1) is 13.8 Å². The molecule has 2 N–H and O–H groups in total. The predicted molar refractivity (Wildman–Crippen MR) is 85.0 cm³/mol. The Hall–Kier alpha value is -1.55.